The van der Waals surface area contributed by atoms with Gasteiger partial charge in [-0.25, -0.2) is 0 Å². The van der Waals surface area contributed by atoms with Crippen molar-refractivity contribution in [1.29, 1.82) is 0 Å². The van der Waals surface area contributed by atoms with Crippen LogP contribution in [-0.4, -0.2) is 31.2 Å². The normalized spacial score (nSPS) is 12.4. The van der Waals surface area contributed by atoms with Gasteiger partial charge in [0.1, 0.15) is 5.78 Å². The molecule has 1 heterocycles. The molecule has 100 valence electrons. The maximum Gasteiger partial charge on any atom is 0.214 e. The zero-order valence-corrected chi connectivity index (χ0v) is 12.2. The van der Waals surface area contributed by atoms with E-state index in [-0.39, 0.29) is 11.0 Å². The highest BCUT2D eigenvalue weighted by molar-refractivity contribution is 8.00. The molecule has 0 spiro atoms. The van der Waals surface area contributed by atoms with Crippen molar-refractivity contribution in [2.45, 2.75) is 38.1 Å². The fourth-order valence-electron chi connectivity index (χ4n) is 1.69. The predicted octanol–water partition coefficient (Wildman–Crippen LogP) is 2.35. The molecule has 0 saturated heterocycles. The second kappa shape index (κ2) is 5.52. The summed E-state index contributed by atoms with van der Waals surface area (Å²) in [6, 6.07) is 6.09. The number of ketones is 1. The third-order valence-electron chi connectivity index (χ3n) is 2.88. The maximum atomic E-state index is 11.3. The molecule has 0 bridgehead atoms. The molecule has 1 aromatic heterocycles. The molecule has 19 heavy (non-hydrogen) atoms. The third kappa shape index (κ3) is 3.01. The van der Waals surface area contributed by atoms with Gasteiger partial charge in [0.05, 0.1) is 10.9 Å². The van der Waals surface area contributed by atoms with Crippen LogP contribution in [0, 0.1) is 13.8 Å². The Morgan fingerprint density at radius 1 is 1.37 bits per heavy atom. The number of carbonyl (C=O) groups is 1. The van der Waals surface area contributed by atoms with Gasteiger partial charge in [0.2, 0.25) is 5.16 Å². The number of aryl methyl sites for hydroxylation is 2. The van der Waals surface area contributed by atoms with E-state index >= 15 is 0 Å². The van der Waals surface area contributed by atoms with E-state index in [1.807, 2.05) is 32.9 Å². The molecular formula is C13H16N4OS. The van der Waals surface area contributed by atoms with E-state index in [2.05, 4.69) is 21.6 Å². The molecule has 0 aliphatic carbocycles. The number of hydrogen-bond acceptors (Lipinski definition) is 5. The second-order valence-corrected chi connectivity index (χ2v) is 5.84. The van der Waals surface area contributed by atoms with E-state index in [9.17, 15) is 4.79 Å². The van der Waals surface area contributed by atoms with Gasteiger partial charge in [-0.2, -0.15) is 4.68 Å². The van der Waals surface area contributed by atoms with E-state index in [1.165, 1.54) is 17.3 Å². The average Bonchev–Trinajstić information content (AvgIpc) is 2.77. The summed E-state index contributed by atoms with van der Waals surface area (Å²) < 4.78 is 1.68. The lowest BCUT2D eigenvalue weighted by atomic mass is 10.1. The third-order valence-corrected chi connectivity index (χ3v) is 4.03. The van der Waals surface area contributed by atoms with Crippen molar-refractivity contribution in [3.63, 3.8) is 0 Å². The van der Waals surface area contributed by atoms with Gasteiger partial charge < -0.3 is 0 Å². The molecule has 0 amide bonds. The molecule has 0 radical (unpaired) electrons. The number of thioether (sulfide) groups is 1. The van der Waals surface area contributed by atoms with E-state index in [0.29, 0.717) is 5.16 Å². The smallest absolute Gasteiger partial charge is 0.214 e. The summed E-state index contributed by atoms with van der Waals surface area (Å²) in [4.78, 5) is 11.3. The number of aromatic nitrogens is 4. The van der Waals surface area contributed by atoms with E-state index in [1.54, 1.807) is 11.6 Å². The zero-order valence-electron chi connectivity index (χ0n) is 11.4. The van der Waals surface area contributed by atoms with Crippen LogP contribution >= 0.6 is 11.8 Å². The van der Waals surface area contributed by atoms with Crippen LogP contribution in [0.2, 0.25) is 0 Å². The fourth-order valence-corrected chi connectivity index (χ4v) is 2.49. The van der Waals surface area contributed by atoms with Crippen molar-refractivity contribution in [3.05, 3.63) is 29.3 Å². The average molecular weight is 276 g/mol. The molecular weight excluding hydrogens is 260 g/mol. The van der Waals surface area contributed by atoms with Crippen molar-refractivity contribution in [3.8, 4) is 5.69 Å². The van der Waals surface area contributed by atoms with Gasteiger partial charge in [0.15, 0.2) is 0 Å². The molecule has 1 aromatic carbocycles. The Bertz CT molecular complexity index is 608. The van der Waals surface area contributed by atoms with Gasteiger partial charge in [-0.1, -0.05) is 29.5 Å². The van der Waals surface area contributed by atoms with Gasteiger partial charge in [-0.15, -0.1) is 5.10 Å². The predicted molar refractivity (Wildman–Crippen MR) is 74.6 cm³/mol. The van der Waals surface area contributed by atoms with Crippen LogP contribution in [0.1, 0.15) is 25.0 Å². The Morgan fingerprint density at radius 2 is 2.11 bits per heavy atom. The van der Waals surface area contributed by atoms with Gasteiger partial charge in [0, 0.05) is 0 Å². The van der Waals surface area contributed by atoms with Crippen molar-refractivity contribution < 1.29 is 4.79 Å². The highest BCUT2D eigenvalue weighted by Crippen LogP contribution is 2.24. The van der Waals surface area contributed by atoms with Crippen LogP contribution in [0.4, 0.5) is 0 Å². The number of carbonyl (C=O) groups excluding carboxylic acids is 1. The quantitative estimate of drug-likeness (QED) is 0.802. The van der Waals surface area contributed by atoms with Crippen LogP contribution in [0.25, 0.3) is 5.69 Å². The lowest BCUT2D eigenvalue weighted by Gasteiger charge is -2.10. The summed E-state index contributed by atoms with van der Waals surface area (Å²) in [5.74, 6) is 0.111. The van der Waals surface area contributed by atoms with Crippen LogP contribution in [0.3, 0.4) is 0 Å². The van der Waals surface area contributed by atoms with E-state index < -0.39 is 0 Å². The molecule has 0 aliphatic rings. The van der Waals surface area contributed by atoms with Gasteiger partial charge in [-0.3, -0.25) is 4.79 Å². The van der Waals surface area contributed by atoms with Crippen molar-refractivity contribution >= 4 is 17.5 Å². The lowest BCUT2D eigenvalue weighted by Crippen LogP contribution is -2.10. The Labute approximate surface area is 116 Å². The Kier molecular flexibility index (Phi) is 3.99. The zero-order chi connectivity index (χ0) is 14.0. The number of benzene rings is 1. The largest absolute Gasteiger partial charge is 0.299 e. The van der Waals surface area contributed by atoms with Crippen molar-refractivity contribution in [2.75, 3.05) is 0 Å². The standard InChI is InChI=1S/C13H16N4OS/c1-8-5-6-12(9(2)7-8)17-13(14-15-16-17)19-11(4)10(3)18/h5-7,11H,1-4H3. The summed E-state index contributed by atoms with van der Waals surface area (Å²) in [6.07, 6.45) is 0. The molecule has 0 N–H and O–H groups in total. The van der Waals surface area contributed by atoms with Crippen molar-refractivity contribution in [2.24, 2.45) is 0 Å². The molecule has 0 aliphatic heterocycles. The maximum absolute atomic E-state index is 11.3. The summed E-state index contributed by atoms with van der Waals surface area (Å²) >= 11 is 1.37. The monoisotopic (exact) mass is 276 g/mol. The molecule has 0 fully saturated rings. The molecule has 1 atom stereocenters. The van der Waals surface area contributed by atoms with Gasteiger partial charge in [0.25, 0.3) is 0 Å². The van der Waals surface area contributed by atoms with E-state index in [4.69, 9.17) is 0 Å². The van der Waals surface area contributed by atoms with Crippen LogP contribution in [0.5, 0.6) is 0 Å². The minimum atomic E-state index is -0.157. The molecule has 6 heteroatoms. The highest BCUT2D eigenvalue weighted by atomic mass is 32.2. The minimum Gasteiger partial charge on any atom is -0.299 e. The van der Waals surface area contributed by atoms with Gasteiger partial charge >= 0.3 is 0 Å². The Morgan fingerprint density at radius 3 is 2.74 bits per heavy atom. The first-order valence-corrected chi connectivity index (χ1v) is 6.90. The second-order valence-electron chi connectivity index (χ2n) is 4.53. The number of tetrazole rings is 1. The topological polar surface area (TPSA) is 60.7 Å². The number of hydrogen-bond donors (Lipinski definition) is 0. The van der Waals surface area contributed by atoms with Gasteiger partial charge in [-0.05, 0) is 49.8 Å². The SMILES string of the molecule is CC(=O)C(C)Sc1nnnn1-c1ccc(C)cc1C. The first kappa shape index (κ1) is 13.7. The van der Waals surface area contributed by atoms with E-state index in [0.717, 1.165) is 11.3 Å². The highest BCUT2D eigenvalue weighted by Gasteiger charge is 2.16. The molecule has 2 aromatic rings. The summed E-state index contributed by atoms with van der Waals surface area (Å²) in [6.45, 7) is 7.49. The van der Waals surface area contributed by atoms with Crippen LogP contribution < -0.4 is 0 Å². The van der Waals surface area contributed by atoms with Crippen LogP contribution in [0.15, 0.2) is 23.4 Å². The first-order valence-electron chi connectivity index (χ1n) is 6.02. The summed E-state index contributed by atoms with van der Waals surface area (Å²) in [5.41, 5.74) is 3.24. The minimum absolute atomic E-state index is 0.111. The molecule has 2 rings (SSSR count). The number of rotatable bonds is 4. The number of Topliss-reactive ketones (excluding diaryl/α,β-unsaturated/α-hetero) is 1. The summed E-state index contributed by atoms with van der Waals surface area (Å²) in [5, 5.41) is 12.2. The molecule has 5 nitrogen and oxygen atoms in total. The van der Waals surface area contributed by atoms with Crippen molar-refractivity contribution in [1.82, 2.24) is 20.2 Å². The first-order chi connectivity index (χ1) is 8.99. The molecule has 1 unspecified atom stereocenters. The Hall–Kier alpha value is -1.69. The molecule has 0 saturated carbocycles. The fraction of sp³-hybridized carbons (Fsp3) is 0.385. The summed E-state index contributed by atoms with van der Waals surface area (Å²) in [7, 11) is 0. The lowest BCUT2D eigenvalue weighted by molar-refractivity contribution is -0.116. The van der Waals surface area contributed by atoms with Crippen LogP contribution in [-0.2, 0) is 4.79 Å². The Balaban J connectivity index is 2.36. The number of nitrogens with zero attached hydrogens (tertiary/aromatic N) is 4.